The Morgan fingerprint density at radius 1 is 0.968 bits per heavy atom. The van der Waals surface area contributed by atoms with Crippen molar-refractivity contribution in [3.63, 3.8) is 0 Å². The molecule has 0 spiro atoms. The summed E-state index contributed by atoms with van der Waals surface area (Å²) in [5.74, 6) is 1.51. The minimum atomic E-state index is -0.0469. The van der Waals surface area contributed by atoms with Crippen LogP contribution in [0, 0.1) is 12.3 Å². The maximum atomic E-state index is 9.48. The topological polar surface area (TPSA) is 108 Å². The highest BCUT2D eigenvalue weighted by Crippen LogP contribution is 2.29. The van der Waals surface area contributed by atoms with Gasteiger partial charge in [0.25, 0.3) is 0 Å². The third-order valence-corrected chi connectivity index (χ3v) is 5.61. The van der Waals surface area contributed by atoms with Gasteiger partial charge >= 0.3 is 0 Å². The number of benzene rings is 2. The lowest BCUT2D eigenvalue weighted by Gasteiger charge is -2.09. The SMILES string of the molecule is Cc1nc(-c2ccc(OCCCCCOc3ccc(C(=N)NO)cc3)cc2)c(CO)s1. The Morgan fingerprint density at radius 3 is 2.10 bits per heavy atom. The number of amidine groups is 1. The molecule has 164 valence electrons. The summed E-state index contributed by atoms with van der Waals surface area (Å²) in [6.45, 7) is 3.20. The van der Waals surface area contributed by atoms with E-state index >= 15 is 0 Å². The summed E-state index contributed by atoms with van der Waals surface area (Å²) in [5, 5.41) is 26.6. The highest BCUT2D eigenvalue weighted by Gasteiger charge is 2.10. The van der Waals surface area contributed by atoms with Crippen molar-refractivity contribution < 1.29 is 19.8 Å². The number of aliphatic hydroxyl groups excluding tert-OH is 1. The molecule has 0 radical (unpaired) electrons. The zero-order chi connectivity index (χ0) is 22.1. The van der Waals surface area contributed by atoms with Crippen molar-refractivity contribution in [1.82, 2.24) is 10.5 Å². The van der Waals surface area contributed by atoms with Gasteiger partial charge in [0.05, 0.1) is 35.4 Å². The summed E-state index contributed by atoms with van der Waals surface area (Å²) in [6.07, 6.45) is 2.85. The minimum absolute atomic E-state index is 0.0000239. The largest absolute Gasteiger partial charge is 0.494 e. The van der Waals surface area contributed by atoms with Gasteiger partial charge in [0, 0.05) is 11.1 Å². The van der Waals surface area contributed by atoms with Crippen LogP contribution in [0.3, 0.4) is 0 Å². The maximum Gasteiger partial charge on any atom is 0.149 e. The molecule has 0 bridgehead atoms. The van der Waals surface area contributed by atoms with Gasteiger partial charge in [-0.15, -0.1) is 11.3 Å². The highest BCUT2D eigenvalue weighted by molar-refractivity contribution is 7.12. The number of hydrogen-bond donors (Lipinski definition) is 4. The molecule has 3 aromatic rings. The summed E-state index contributed by atoms with van der Waals surface area (Å²) < 4.78 is 11.5. The molecule has 1 heterocycles. The van der Waals surface area contributed by atoms with E-state index in [2.05, 4.69) is 4.98 Å². The van der Waals surface area contributed by atoms with E-state index in [1.165, 1.54) is 11.3 Å². The Bertz CT molecular complexity index is 971. The van der Waals surface area contributed by atoms with Crippen LogP contribution >= 0.6 is 11.3 Å². The number of thiazole rings is 1. The minimum Gasteiger partial charge on any atom is -0.494 e. The number of ether oxygens (including phenoxy) is 2. The molecule has 0 aliphatic carbocycles. The molecule has 8 heteroatoms. The van der Waals surface area contributed by atoms with Crippen LogP contribution in [-0.2, 0) is 6.61 Å². The van der Waals surface area contributed by atoms with Crippen molar-refractivity contribution in [1.29, 1.82) is 5.41 Å². The Morgan fingerprint density at radius 2 is 1.55 bits per heavy atom. The Kier molecular flexibility index (Phi) is 8.40. The van der Waals surface area contributed by atoms with Gasteiger partial charge in [-0.05, 0) is 74.7 Å². The Hall–Kier alpha value is -2.94. The molecule has 0 saturated carbocycles. The maximum absolute atomic E-state index is 9.48. The number of aliphatic hydroxyl groups is 1. The van der Waals surface area contributed by atoms with Gasteiger partial charge in [-0.1, -0.05) is 0 Å². The first kappa shape index (κ1) is 22.7. The molecule has 0 fully saturated rings. The van der Waals surface area contributed by atoms with E-state index in [1.807, 2.05) is 36.7 Å². The number of rotatable bonds is 11. The van der Waals surface area contributed by atoms with Gasteiger partial charge in [-0.25, -0.2) is 4.98 Å². The Balaban J connectivity index is 1.33. The molecule has 0 aliphatic heterocycles. The van der Waals surface area contributed by atoms with E-state index in [1.54, 1.807) is 24.3 Å². The molecule has 0 saturated heterocycles. The first-order valence-corrected chi connectivity index (χ1v) is 10.9. The zero-order valence-corrected chi connectivity index (χ0v) is 18.2. The molecule has 7 nitrogen and oxygen atoms in total. The van der Waals surface area contributed by atoms with Gasteiger partial charge < -0.3 is 14.6 Å². The molecule has 0 amide bonds. The first-order chi connectivity index (χ1) is 15.1. The van der Waals surface area contributed by atoms with Crippen molar-refractivity contribution in [2.45, 2.75) is 32.8 Å². The molecule has 2 aromatic carbocycles. The van der Waals surface area contributed by atoms with E-state index in [9.17, 15) is 5.11 Å². The molecular formula is C23H27N3O4S. The molecular weight excluding hydrogens is 414 g/mol. The van der Waals surface area contributed by atoms with E-state index in [0.29, 0.717) is 18.8 Å². The summed E-state index contributed by atoms with van der Waals surface area (Å²) in [7, 11) is 0. The molecule has 4 N–H and O–H groups in total. The van der Waals surface area contributed by atoms with Gasteiger partial charge in [-0.3, -0.25) is 16.1 Å². The number of hydrogen-bond acceptors (Lipinski definition) is 7. The normalized spacial score (nSPS) is 10.7. The fourth-order valence-corrected chi connectivity index (χ4v) is 3.87. The third-order valence-electron chi connectivity index (χ3n) is 4.66. The molecule has 1 aromatic heterocycles. The van der Waals surface area contributed by atoms with Crippen molar-refractivity contribution in [3.8, 4) is 22.8 Å². The number of unbranched alkanes of at least 4 members (excludes halogenated alkanes) is 2. The van der Waals surface area contributed by atoms with E-state index in [-0.39, 0.29) is 12.4 Å². The third kappa shape index (κ3) is 6.52. The summed E-state index contributed by atoms with van der Waals surface area (Å²) in [4.78, 5) is 5.39. The number of hydroxylamine groups is 1. The van der Waals surface area contributed by atoms with Crippen LogP contribution in [0.4, 0.5) is 0 Å². The van der Waals surface area contributed by atoms with Crippen molar-refractivity contribution in [2.75, 3.05) is 13.2 Å². The molecule has 0 aliphatic rings. The number of nitrogens with zero attached hydrogens (tertiary/aromatic N) is 1. The summed E-state index contributed by atoms with van der Waals surface area (Å²) >= 11 is 1.52. The van der Waals surface area contributed by atoms with Crippen LogP contribution in [-0.4, -0.2) is 34.3 Å². The summed E-state index contributed by atoms with van der Waals surface area (Å²) in [6, 6.07) is 14.8. The van der Waals surface area contributed by atoms with Gasteiger partial charge in [0.15, 0.2) is 0 Å². The number of aryl methyl sites for hydroxylation is 1. The Labute approximate surface area is 185 Å². The van der Waals surface area contributed by atoms with Gasteiger partial charge in [0.2, 0.25) is 0 Å². The predicted octanol–water partition coefficient (Wildman–Crippen LogP) is 4.54. The highest BCUT2D eigenvalue weighted by atomic mass is 32.1. The quantitative estimate of drug-likeness (QED) is 0.151. The van der Waals surface area contributed by atoms with Crippen LogP contribution < -0.4 is 15.0 Å². The van der Waals surface area contributed by atoms with Crippen LogP contribution in [0.1, 0.15) is 34.7 Å². The van der Waals surface area contributed by atoms with E-state index < -0.39 is 0 Å². The number of aromatic nitrogens is 1. The predicted molar refractivity (Wildman–Crippen MR) is 121 cm³/mol. The molecule has 0 unspecified atom stereocenters. The smallest absolute Gasteiger partial charge is 0.149 e. The average Bonchev–Trinajstić information content (AvgIpc) is 3.19. The molecule has 3 rings (SSSR count). The fourth-order valence-electron chi connectivity index (χ4n) is 3.05. The fraction of sp³-hybridized carbons (Fsp3) is 0.304. The van der Waals surface area contributed by atoms with E-state index in [4.69, 9.17) is 20.1 Å². The summed E-state index contributed by atoms with van der Waals surface area (Å²) in [5.41, 5.74) is 4.24. The van der Waals surface area contributed by atoms with Crippen molar-refractivity contribution in [3.05, 3.63) is 64.0 Å². The second-order valence-corrected chi connectivity index (χ2v) is 8.24. The zero-order valence-electron chi connectivity index (χ0n) is 17.4. The van der Waals surface area contributed by atoms with Crippen LogP contribution in [0.15, 0.2) is 48.5 Å². The standard InChI is InChI=1S/C23H27N3O4S/c1-16-25-22(21(15-27)31-16)17-5-9-19(10-6-17)29-13-3-2-4-14-30-20-11-7-18(8-12-20)23(24)26-28/h5-12,27-28H,2-4,13-15H2,1H3,(H2,24,26). The molecule has 31 heavy (non-hydrogen) atoms. The first-order valence-electron chi connectivity index (χ1n) is 10.1. The van der Waals surface area contributed by atoms with Crippen LogP contribution in [0.5, 0.6) is 11.5 Å². The van der Waals surface area contributed by atoms with Crippen LogP contribution in [0.25, 0.3) is 11.3 Å². The van der Waals surface area contributed by atoms with E-state index in [0.717, 1.165) is 51.9 Å². The van der Waals surface area contributed by atoms with Gasteiger partial charge in [0.1, 0.15) is 17.3 Å². The van der Waals surface area contributed by atoms with Crippen molar-refractivity contribution >= 4 is 17.2 Å². The molecule has 0 atom stereocenters. The second-order valence-electron chi connectivity index (χ2n) is 6.96. The monoisotopic (exact) mass is 441 g/mol. The lowest BCUT2D eigenvalue weighted by Crippen LogP contribution is -2.18. The van der Waals surface area contributed by atoms with Gasteiger partial charge in [-0.2, -0.15) is 0 Å². The second kappa shape index (κ2) is 11.5. The van der Waals surface area contributed by atoms with Crippen LogP contribution in [0.2, 0.25) is 0 Å². The number of nitrogens with one attached hydrogen (secondary N) is 2. The van der Waals surface area contributed by atoms with Crippen molar-refractivity contribution in [2.24, 2.45) is 0 Å². The lowest BCUT2D eigenvalue weighted by atomic mass is 10.1. The average molecular weight is 442 g/mol. The lowest BCUT2D eigenvalue weighted by molar-refractivity contribution is 0.234.